The zero-order valence-corrected chi connectivity index (χ0v) is 11.1. The molecule has 1 aromatic carbocycles. The fraction of sp³-hybridized carbons (Fsp3) is 0.312. The summed E-state index contributed by atoms with van der Waals surface area (Å²) < 4.78 is 5.29. The van der Waals surface area contributed by atoms with Crippen molar-refractivity contribution in [1.82, 2.24) is 0 Å². The van der Waals surface area contributed by atoms with Crippen molar-refractivity contribution < 1.29 is 9.21 Å². The highest BCUT2D eigenvalue weighted by Gasteiger charge is 2.13. The summed E-state index contributed by atoms with van der Waals surface area (Å²) in [5.74, 6) is 0.910. The maximum absolute atomic E-state index is 12.2. The first-order valence-corrected chi connectivity index (χ1v) is 6.27. The molecule has 0 atom stereocenters. The highest BCUT2D eigenvalue weighted by atomic mass is 16.3. The van der Waals surface area contributed by atoms with Gasteiger partial charge >= 0.3 is 0 Å². The molecule has 1 heterocycles. The maximum atomic E-state index is 12.2. The zero-order chi connectivity index (χ0) is 13.1. The van der Waals surface area contributed by atoms with Crippen LogP contribution < -0.4 is 0 Å². The van der Waals surface area contributed by atoms with Gasteiger partial charge in [0.15, 0.2) is 5.78 Å². The molecule has 0 unspecified atom stereocenters. The van der Waals surface area contributed by atoms with Crippen molar-refractivity contribution in [3.63, 3.8) is 0 Å². The number of hydrogen-bond donors (Lipinski definition) is 0. The summed E-state index contributed by atoms with van der Waals surface area (Å²) in [6.07, 6.45) is 2.78. The average molecular weight is 242 g/mol. The second-order valence-electron chi connectivity index (χ2n) is 4.63. The Morgan fingerprint density at radius 1 is 1.17 bits per heavy atom. The first-order chi connectivity index (χ1) is 8.61. The van der Waals surface area contributed by atoms with Crippen LogP contribution >= 0.6 is 0 Å². The Morgan fingerprint density at radius 3 is 2.61 bits per heavy atom. The Morgan fingerprint density at radius 2 is 1.94 bits per heavy atom. The van der Waals surface area contributed by atoms with Crippen LogP contribution in [0.25, 0.3) is 0 Å². The van der Waals surface area contributed by atoms with Crippen molar-refractivity contribution in [2.45, 2.75) is 33.6 Å². The predicted molar refractivity (Wildman–Crippen MR) is 72.0 cm³/mol. The first-order valence-electron chi connectivity index (χ1n) is 6.27. The third kappa shape index (κ3) is 2.53. The van der Waals surface area contributed by atoms with Crippen LogP contribution in [0.2, 0.25) is 0 Å². The number of rotatable bonds is 4. The van der Waals surface area contributed by atoms with E-state index in [1.165, 1.54) is 11.1 Å². The number of benzene rings is 1. The fourth-order valence-electron chi connectivity index (χ4n) is 2.06. The number of ketones is 1. The third-order valence-electron chi connectivity index (χ3n) is 3.30. The van der Waals surface area contributed by atoms with Crippen molar-refractivity contribution in [1.29, 1.82) is 0 Å². The van der Waals surface area contributed by atoms with E-state index in [0.29, 0.717) is 6.42 Å². The molecular formula is C16H18O2. The largest absolute Gasteiger partial charge is 0.469 e. The minimum Gasteiger partial charge on any atom is -0.469 e. The van der Waals surface area contributed by atoms with E-state index in [-0.39, 0.29) is 5.78 Å². The molecule has 0 bridgehead atoms. The Bertz CT molecular complexity index is 564. The lowest BCUT2D eigenvalue weighted by Gasteiger charge is -2.05. The molecule has 94 valence electrons. The average Bonchev–Trinajstić information content (AvgIpc) is 2.82. The van der Waals surface area contributed by atoms with Gasteiger partial charge in [0.05, 0.1) is 11.8 Å². The first kappa shape index (κ1) is 12.6. The highest BCUT2D eigenvalue weighted by molar-refractivity contribution is 5.98. The number of carbonyl (C=O) groups is 1. The lowest BCUT2D eigenvalue weighted by Crippen LogP contribution is -2.05. The molecule has 2 rings (SSSR count). The van der Waals surface area contributed by atoms with Gasteiger partial charge < -0.3 is 4.42 Å². The van der Waals surface area contributed by atoms with Gasteiger partial charge in [-0.1, -0.05) is 25.1 Å². The van der Waals surface area contributed by atoms with Crippen LogP contribution in [0.15, 0.2) is 34.9 Å². The van der Waals surface area contributed by atoms with Crippen LogP contribution in [0.4, 0.5) is 0 Å². The standard InChI is InChI=1S/C16H18O2/c1-4-16-14(7-8-18-16)15(17)10-13-6-5-11(2)12(3)9-13/h5-9H,4,10H2,1-3H3. The van der Waals surface area contributed by atoms with Crippen LogP contribution in [0.1, 0.15) is 39.7 Å². The van der Waals surface area contributed by atoms with Gasteiger partial charge in [-0.3, -0.25) is 4.79 Å². The smallest absolute Gasteiger partial charge is 0.170 e. The Kier molecular flexibility index (Phi) is 3.66. The zero-order valence-electron chi connectivity index (χ0n) is 11.1. The van der Waals surface area contributed by atoms with Crippen molar-refractivity contribution in [3.05, 3.63) is 58.5 Å². The molecular weight excluding hydrogens is 224 g/mol. The molecule has 1 aromatic heterocycles. The molecule has 2 heteroatoms. The molecule has 0 amide bonds. The molecule has 0 radical (unpaired) electrons. The van der Waals surface area contributed by atoms with Gasteiger partial charge in [-0.05, 0) is 36.6 Å². The third-order valence-corrected chi connectivity index (χ3v) is 3.30. The second-order valence-corrected chi connectivity index (χ2v) is 4.63. The van der Waals surface area contributed by atoms with Crippen molar-refractivity contribution in [2.24, 2.45) is 0 Å². The molecule has 2 aromatic rings. The number of hydrogen-bond acceptors (Lipinski definition) is 2. The molecule has 0 saturated heterocycles. The molecule has 2 nitrogen and oxygen atoms in total. The normalized spacial score (nSPS) is 10.6. The molecule has 0 saturated carbocycles. The van der Waals surface area contributed by atoms with Gasteiger partial charge in [0, 0.05) is 12.8 Å². The van der Waals surface area contributed by atoms with E-state index >= 15 is 0 Å². The van der Waals surface area contributed by atoms with Crippen molar-refractivity contribution in [3.8, 4) is 0 Å². The predicted octanol–water partition coefficient (Wildman–Crippen LogP) is 3.88. The quantitative estimate of drug-likeness (QED) is 0.761. The van der Waals surface area contributed by atoms with Gasteiger partial charge in [0.2, 0.25) is 0 Å². The Balaban J connectivity index is 2.19. The molecule has 0 spiro atoms. The lowest BCUT2D eigenvalue weighted by atomic mass is 9.99. The minimum atomic E-state index is 0.129. The SMILES string of the molecule is CCc1occc1C(=O)Cc1ccc(C)c(C)c1. The number of Topliss-reactive ketones (excluding diaryl/α,β-unsaturated/α-hetero) is 1. The topological polar surface area (TPSA) is 30.2 Å². The van der Waals surface area contributed by atoms with Crippen LogP contribution in [0, 0.1) is 13.8 Å². The van der Waals surface area contributed by atoms with Crippen molar-refractivity contribution in [2.75, 3.05) is 0 Å². The van der Waals surface area contributed by atoms with E-state index in [4.69, 9.17) is 4.42 Å². The van der Waals surface area contributed by atoms with Crippen LogP contribution in [0.3, 0.4) is 0 Å². The molecule has 0 fully saturated rings. The summed E-state index contributed by atoms with van der Waals surface area (Å²) in [7, 11) is 0. The Labute approximate surface area is 108 Å². The number of carbonyl (C=O) groups excluding carboxylic acids is 1. The monoisotopic (exact) mass is 242 g/mol. The van der Waals surface area contributed by atoms with E-state index in [0.717, 1.165) is 23.3 Å². The number of furan rings is 1. The lowest BCUT2D eigenvalue weighted by molar-refractivity contribution is 0.0991. The summed E-state index contributed by atoms with van der Waals surface area (Å²) >= 11 is 0. The second kappa shape index (κ2) is 5.21. The molecule has 0 N–H and O–H groups in total. The Hall–Kier alpha value is -1.83. The molecule has 0 aliphatic carbocycles. The van der Waals surface area contributed by atoms with E-state index in [1.807, 2.05) is 13.0 Å². The van der Waals surface area contributed by atoms with Crippen LogP contribution in [0.5, 0.6) is 0 Å². The maximum Gasteiger partial charge on any atom is 0.170 e. The van der Waals surface area contributed by atoms with Gasteiger partial charge in [0.1, 0.15) is 5.76 Å². The highest BCUT2D eigenvalue weighted by Crippen LogP contribution is 2.16. The van der Waals surface area contributed by atoms with Crippen LogP contribution in [-0.4, -0.2) is 5.78 Å². The van der Waals surface area contributed by atoms with E-state index < -0.39 is 0 Å². The summed E-state index contributed by atoms with van der Waals surface area (Å²) in [5, 5.41) is 0. The molecule has 0 aliphatic heterocycles. The molecule has 18 heavy (non-hydrogen) atoms. The van der Waals surface area contributed by atoms with Gasteiger partial charge in [-0.2, -0.15) is 0 Å². The van der Waals surface area contributed by atoms with Crippen LogP contribution in [-0.2, 0) is 12.8 Å². The van der Waals surface area contributed by atoms with Crippen molar-refractivity contribution >= 4 is 5.78 Å². The number of aryl methyl sites for hydroxylation is 3. The summed E-state index contributed by atoms with van der Waals surface area (Å²) in [5.41, 5.74) is 4.26. The summed E-state index contributed by atoms with van der Waals surface area (Å²) in [4.78, 5) is 12.2. The van der Waals surface area contributed by atoms with E-state index in [9.17, 15) is 4.79 Å². The van der Waals surface area contributed by atoms with E-state index in [2.05, 4.69) is 26.0 Å². The van der Waals surface area contributed by atoms with Gasteiger partial charge in [0.25, 0.3) is 0 Å². The fourth-order valence-corrected chi connectivity index (χ4v) is 2.06. The minimum absolute atomic E-state index is 0.129. The van der Waals surface area contributed by atoms with Gasteiger partial charge in [-0.25, -0.2) is 0 Å². The molecule has 0 aliphatic rings. The summed E-state index contributed by atoms with van der Waals surface area (Å²) in [6.45, 7) is 6.14. The van der Waals surface area contributed by atoms with E-state index in [1.54, 1.807) is 12.3 Å². The summed E-state index contributed by atoms with van der Waals surface area (Å²) in [6, 6.07) is 7.93. The van der Waals surface area contributed by atoms with Gasteiger partial charge in [-0.15, -0.1) is 0 Å².